The lowest BCUT2D eigenvalue weighted by Crippen LogP contribution is -2.22. The lowest BCUT2D eigenvalue weighted by molar-refractivity contribution is 0.0951. The number of halogens is 1. The van der Waals surface area contributed by atoms with Crippen molar-refractivity contribution in [3.63, 3.8) is 0 Å². The maximum atomic E-state index is 13.0. The third kappa shape index (κ3) is 4.71. The molecule has 2 N–H and O–H groups in total. The van der Waals surface area contributed by atoms with Crippen LogP contribution in [0.15, 0.2) is 35.7 Å². The van der Waals surface area contributed by atoms with Crippen LogP contribution in [-0.4, -0.2) is 17.6 Å². The van der Waals surface area contributed by atoms with E-state index in [0.717, 1.165) is 10.4 Å². The van der Waals surface area contributed by atoms with Gasteiger partial charge in [-0.2, -0.15) is 0 Å². The molecule has 0 atom stereocenters. The Hall–Kier alpha value is -2.16. The van der Waals surface area contributed by atoms with Crippen molar-refractivity contribution in [3.05, 3.63) is 57.5 Å². The van der Waals surface area contributed by atoms with E-state index in [-0.39, 0.29) is 12.5 Å². The fourth-order valence-electron chi connectivity index (χ4n) is 1.66. The number of carbonyl (C=O) groups is 1. The Balaban J connectivity index is 1.91. The number of hydrogen-bond acceptors (Lipinski definition) is 3. The Bertz CT molecular complexity index is 685. The molecule has 3 nitrogen and oxygen atoms in total. The van der Waals surface area contributed by atoms with Gasteiger partial charge in [0.2, 0.25) is 0 Å². The molecule has 5 heteroatoms. The van der Waals surface area contributed by atoms with Crippen molar-refractivity contribution in [2.75, 3.05) is 6.61 Å². The van der Waals surface area contributed by atoms with Gasteiger partial charge in [-0.3, -0.25) is 4.79 Å². The average Bonchev–Trinajstić information content (AvgIpc) is 2.93. The second kappa shape index (κ2) is 7.58. The van der Waals surface area contributed by atoms with Crippen molar-refractivity contribution in [1.29, 1.82) is 0 Å². The van der Waals surface area contributed by atoms with Crippen LogP contribution in [0.25, 0.3) is 0 Å². The first kappa shape index (κ1) is 15.2. The molecule has 1 aromatic carbocycles. The molecule has 1 amide bonds. The fourth-order valence-corrected chi connectivity index (χ4v) is 2.41. The van der Waals surface area contributed by atoms with E-state index in [1.165, 1.54) is 29.5 Å². The molecule has 0 aliphatic rings. The van der Waals surface area contributed by atoms with Gasteiger partial charge in [0.05, 0.1) is 13.2 Å². The molecule has 0 spiro atoms. The molecule has 0 aliphatic heterocycles. The van der Waals surface area contributed by atoms with Gasteiger partial charge in [0.15, 0.2) is 0 Å². The number of amides is 1. The van der Waals surface area contributed by atoms with Crippen LogP contribution >= 0.6 is 11.3 Å². The first-order valence-corrected chi connectivity index (χ1v) is 7.28. The second-order valence-electron chi connectivity index (χ2n) is 4.27. The topological polar surface area (TPSA) is 49.3 Å². The van der Waals surface area contributed by atoms with E-state index in [0.29, 0.717) is 18.5 Å². The maximum Gasteiger partial charge on any atom is 0.251 e. The minimum Gasteiger partial charge on any atom is -0.395 e. The molecule has 0 saturated carbocycles. The molecular weight excluding hydrogens is 289 g/mol. The van der Waals surface area contributed by atoms with Gasteiger partial charge in [0, 0.05) is 27.8 Å². The van der Waals surface area contributed by atoms with Crippen LogP contribution in [0.3, 0.4) is 0 Å². The Morgan fingerprint density at radius 2 is 2.24 bits per heavy atom. The highest BCUT2D eigenvalue weighted by atomic mass is 32.1. The lowest BCUT2D eigenvalue weighted by Gasteiger charge is -2.03. The summed E-state index contributed by atoms with van der Waals surface area (Å²) in [5.74, 6) is 5.03. The standard InChI is InChI=1S/C16H14FNO2S/c17-14-6-3-5-13(9-14)16(20)18-10-15-8-12(11-21-15)4-1-2-7-19/h3,5-6,8-9,11,19H,2,7,10H2,(H,18,20). The van der Waals surface area contributed by atoms with Gasteiger partial charge >= 0.3 is 0 Å². The number of aliphatic hydroxyl groups is 1. The smallest absolute Gasteiger partial charge is 0.251 e. The van der Waals surface area contributed by atoms with Gasteiger partial charge in [-0.1, -0.05) is 17.9 Å². The first-order chi connectivity index (χ1) is 10.2. The van der Waals surface area contributed by atoms with Crippen molar-refractivity contribution in [3.8, 4) is 11.8 Å². The normalized spacial score (nSPS) is 9.81. The summed E-state index contributed by atoms with van der Waals surface area (Å²) in [6, 6.07) is 7.46. The predicted octanol–water partition coefficient (Wildman–Crippen LogP) is 2.55. The molecule has 0 saturated heterocycles. The molecule has 1 aromatic heterocycles. The Labute approximate surface area is 126 Å². The third-order valence-electron chi connectivity index (χ3n) is 2.63. The molecule has 2 rings (SSSR count). The van der Waals surface area contributed by atoms with Crippen molar-refractivity contribution in [2.24, 2.45) is 0 Å². The SMILES string of the molecule is O=C(NCc1cc(C#CCCO)cs1)c1cccc(F)c1. The van der Waals surface area contributed by atoms with Gasteiger partial charge in [-0.05, 0) is 24.3 Å². The molecule has 108 valence electrons. The molecule has 0 bridgehead atoms. The zero-order valence-electron chi connectivity index (χ0n) is 11.2. The quantitative estimate of drug-likeness (QED) is 0.853. The van der Waals surface area contributed by atoms with E-state index in [1.807, 2.05) is 11.4 Å². The van der Waals surface area contributed by atoms with E-state index < -0.39 is 5.82 Å². The van der Waals surface area contributed by atoms with Crippen LogP contribution in [0, 0.1) is 17.7 Å². The summed E-state index contributed by atoms with van der Waals surface area (Å²) in [5.41, 5.74) is 1.16. The summed E-state index contributed by atoms with van der Waals surface area (Å²) in [6.07, 6.45) is 0.446. The van der Waals surface area contributed by atoms with E-state index >= 15 is 0 Å². The molecule has 0 radical (unpaired) electrons. The zero-order valence-corrected chi connectivity index (χ0v) is 12.0. The highest BCUT2D eigenvalue weighted by Crippen LogP contribution is 2.14. The van der Waals surface area contributed by atoms with E-state index in [2.05, 4.69) is 17.2 Å². The van der Waals surface area contributed by atoms with E-state index in [9.17, 15) is 9.18 Å². The molecule has 2 aromatic rings. The van der Waals surface area contributed by atoms with E-state index in [1.54, 1.807) is 6.07 Å². The van der Waals surface area contributed by atoms with Crippen LogP contribution in [0.4, 0.5) is 4.39 Å². The van der Waals surface area contributed by atoms with Crippen molar-refractivity contribution in [2.45, 2.75) is 13.0 Å². The summed E-state index contributed by atoms with van der Waals surface area (Å²) in [6.45, 7) is 0.426. The molecular formula is C16H14FNO2S. The van der Waals surface area contributed by atoms with Crippen molar-refractivity contribution >= 4 is 17.2 Å². The minimum atomic E-state index is -0.430. The van der Waals surface area contributed by atoms with Gasteiger partial charge in [0.1, 0.15) is 5.82 Å². The molecule has 0 unspecified atom stereocenters. The van der Waals surface area contributed by atoms with Crippen LogP contribution in [0.1, 0.15) is 27.2 Å². The Kier molecular flexibility index (Phi) is 5.50. The number of thiophene rings is 1. The summed E-state index contributed by atoms with van der Waals surface area (Å²) in [7, 11) is 0. The van der Waals surface area contributed by atoms with Crippen LogP contribution < -0.4 is 5.32 Å². The third-order valence-corrected chi connectivity index (χ3v) is 3.57. The van der Waals surface area contributed by atoms with Gasteiger partial charge < -0.3 is 10.4 Å². The number of benzene rings is 1. The lowest BCUT2D eigenvalue weighted by atomic mass is 10.2. The van der Waals surface area contributed by atoms with Gasteiger partial charge in [0.25, 0.3) is 5.91 Å². The minimum absolute atomic E-state index is 0.0493. The highest BCUT2D eigenvalue weighted by molar-refractivity contribution is 7.10. The largest absolute Gasteiger partial charge is 0.395 e. The van der Waals surface area contributed by atoms with E-state index in [4.69, 9.17) is 5.11 Å². The first-order valence-electron chi connectivity index (χ1n) is 6.40. The summed E-state index contributed by atoms with van der Waals surface area (Å²) in [5, 5.41) is 13.3. The average molecular weight is 303 g/mol. The fraction of sp³-hybridized carbons (Fsp3) is 0.188. The van der Waals surface area contributed by atoms with Crippen molar-refractivity contribution < 1.29 is 14.3 Å². The Morgan fingerprint density at radius 3 is 3.00 bits per heavy atom. The summed E-state index contributed by atoms with van der Waals surface area (Å²) >= 11 is 1.49. The van der Waals surface area contributed by atoms with Crippen LogP contribution in [-0.2, 0) is 6.54 Å². The molecule has 0 aliphatic carbocycles. The van der Waals surface area contributed by atoms with Crippen LogP contribution in [0.5, 0.6) is 0 Å². The molecule has 21 heavy (non-hydrogen) atoms. The maximum absolute atomic E-state index is 13.0. The zero-order chi connectivity index (χ0) is 15.1. The number of rotatable bonds is 4. The second-order valence-corrected chi connectivity index (χ2v) is 5.27. The molecule has 0 fully saturated rings. The van der Waals surface area contributed by atoms with Crippen LogP contribution in [0.2, 0.25) is 0 Å². The predicted molar refractivity (Wildman–Crippen MR) is 80.5 cm³/mol. The molecule has 1 heterocycles. The number of hydrogen-bond donors (Lipinski definition) is 2. The highest BCUT2D eigenvalue weighted by Gasteiger charge is 2.06. The number of carbonyl (C=O) groups excluding carboxylic acids is 1. The number of nitrogens with one attached hydrogen (secondary N) is 1. The summed E-state index contributed by atoms with van der Waals surface area (Å²) < 4.78 is 13.0. The van der Waals surface area contributed by atoms with Gasteiger partial charge in [-0.25, -0.2) is 4.39 Å². The van der Waals surface area contributed by atoms with Crippen molar-refractivity contribution in [1.82, 2.24) is 5.32 Å². The monoisotopic (exact) mass is 303 g/mol. The number of aliphatic hydroxyl groups excluding tert-OH is 1. The Morgan fingerprint density at radius 1 is 1.38 bits per heavy atom. The van der Waals surface area contributed by atoms with Gasteiger partial charge in [-0.15, -0.1) is 11.3 Å². The summed E-state index contributed by atoms with van der Waals surface area (Å²) in [4.78, 5) is 12.8.